The number of allylic oxidation sites excluding steroid dienone is 1. The molecule has 0 aromatic heterocycles. The van der Waals surface area contributed by atoms with Crippen LogP contribution in [0.2, 0.25) is 0 Å². The van der Waals surface area contributed by atoms with Crippen LogP contribution in [0.4, 0.5) is 0 Å². The van der Waals surface area contributed by atoms with E-state index in [1.165, 1.54) is 9.80 Å². The molecule has 1 fully saturated rings. The first-order valence-electron chi connectivity index (χ1n) is 5.17. The summed E-state index contributed by atoms with van der Waals surface area (Å²) in [5, 5.41) is 0. The summed E-state index contributed by atoms with van der Waals surface area (Å²) in [4.78, 5) is 0. The Morgan fingerprint density at radius 3 is 2.00 bits per heavy atom. The van der Waals surface area contributed by atoms with Crippen molar-refractivity contribution >= 4 is 8.12 Å². The average Bonchev–Trinajstić information content (AvgIpc) is 2.23. The summed E-state index contributed by atoms with van der Waals surface area (Å²) in [6, 6.07) is 0. The van der Waals surface area contributed by atoms with Gasteiger partial charge in [-0.15, -0.1) is 0 Å². The number of rotatable bonds is 0. The molecule has 0 aromatic rings. The Kier molecular flexibility index (Phi) is 4.33. The number of hydrogen-bond donors (Lipinski definition) is 0. The molecule has 0 saturated heterocycles. The predicted octanol–water partition coefficient (Wildman–Crippen LogP) is 2.54. The molecular weight excluding hydrogens is 379 g/mol. The molecule has 0 N–H and O–H groups in total. The average molecular weight is 397 g/mol. The first-order chi connectivity index (χ1) is 6.37. The SMILES string of the molecule is C=C1[C](=[V])C(C)C(C)C(C)C(C)[C]1=[W]. The fraction of sp³-hybridized carbons (Fsp3) is 0.667. The van der Waals surface area contributed by atoms with E-state index in [0.717, 1.165) is 11.8 Å². The summed E-state index contributed by atoms with van der Waals surface area (Å²) in [5.41, 5.74) is 1.32. The van der Waals surface area contributed by atoms with Crippen LogP contribution in [0, 0.1) is 23.7 Å². The molecule has 0 radical (unpaired) electrons. The van der Waals surface area contributed by atoms with Crippen molar-refractivity contribution < 1.29 is 36.3 Å². The van der Waals surface area contributed by atoms with Gasteiger partial charge in [0.25, 0.3) is 0 Å². The first kappa shape index (κ1) is 12.8. The summed E-state index contributed by atoms with van der Waals surface area (Å²) in [6.45, 7) is 13.7. The van der Waals surface area contributed by atoms with Crippen LogP contribution in [0.1, 0.15) is 27.7 Å². The van der Waals surface area contributed by atoms with Crippen LogP contribution in [-0.2, 0) is 36.3 Å². The van der Waals surface area contributed by atoms with E-state index in [1.54, 1.807) is 23.3 Å². The normalized spacial score (nSPS) is 39.8. The zero-order valence-electron chi connectivity index (χ0n) is 9.37. The van der Waals surface area contributed by atoms with Crippen LogP contribution >= 0.6 is 0 Å². The van der Waals surface area contributed by atoms with Gasteiger partial charge in [0.2, 0.25) is 0 Å². The second kappa shape index (κ2) is 4.73. The van der Waals surface area contributed by atoms with Gasteiger partial charge < -0.3 is 0 Å². The maximum atomic E-state index is 4.24. The molecule has 0 heterocycles. The molecule has 4 unspecified atom stereocenters. The van der Waals surface area contributed by atoms with E-state index in [2.05, 4.69) is 51.3 Å². The van der Waals surface area contributed by atoms with Crippen LogP contribution in [0.3, 0.4) is 0 Å². The third kappa shape index (κ3) is 2.13. The van der Waals surface area contributed by atoms with E-state index in [0.29, 0.717) is 11.8 Å². The Morgan fingerprint density at radius 1 is 1.07 bits per heavy atom. The molecule has 0 nitrogen and oxygen atoms in total. The third-order valence-corrected chi connectivity index (χ3v) is 7.14. The molecule has 0 aliphatic heterocycles. The Morgan fingerprint density at radius 2 is 1.50 bits per heavy atom. The monoisotopic (exact) mass is 397 g/mol. The molecule has 14 heavy (non-hydrogen) atoms. The van der Waals surface area contributed by atoms with E-state index in [9.17, 15) is 0 Å². The van der Waals surface area contributed by atoms with Gasteiger partial charge in [0.05, 0.1) is 0 Å². The van der Waals surface area contributed by atoms with Crippen LogP contribution in [0.5, 0.6) is 0 Å². The van der Waals surface area contributed by atoms with E-state index < -0.39 is 0 Å². The van der Waals surface area contributed by atoms with Crippen molar-refractivity contribution in [1.29, 1.82) is 0 Å². The Hall–Kier alpha value is 0.753. The molecule has 4 atom stereocenters. The second-order valence-corrected chi connectivity index (χ2v) is 6.86. The zero-order chi connectivity index (χ0) is 11.0. The fourth-order valence-electron chi connectivity index (χ4n) is 2.07. The predicted molar refractivity (Wildman–Crippen MR) is 55.8 cm³/mol. The van der Waals surface area contributed by atoms with Crippen LogP contribution in [-0.4, -0.2) is 8.12 Å². The van der Waals surface area contributed by atoms with Crippen molar-refractivity contribution in [3.8, 4) is 0 Å². The van der Waals surface area contributed by atoms with Crippen molar-refractivity contribution in [2.75, 3.05) is 0 Å². The Balaban J connectivity index is 3.11. The van der Waals surface area contributed by atoms with E-state index in [4.69, 9.17) is 0 Å². The standard InChI is InChI=1S/C12H18.V.W/c1-8-6-9(2)11(4)12(5)10(3)7-8;;/h9-12H,1H2,2-5H3;;. The molecule has 77 valence electrons. The summed E-state index contributed by atoms with van der Waals surface area (Å²) in [6.07, 6.45) is 0. The van der Waals surface area contributed by atoms with Crippen LogP contribution < -0.4 is 0 Å². The van der Waals surface area contributed by atoms with E-state index in [-0.39, 0.29) is 0 Å². The molecule has 1 aliphatic carbocycles. The molecule has 0 amide bonds. The van der Waals surface area contributed by atoms with Crippen LogP contribution in [0.15, 0.2) is 12.2 Å². The van der Waals surface area contributed by atoms with E-state index >= 15 is 0 Å². The summed E-state index contributed by atoms with van der Waals surface area (Å²) in [5.74, 6) is 2.90. The van der Waals surface area contributed by atoms with Gasteiger partial charge in [0, 0.05) is 0 Å². The molecular formula is C12H18VW. The second-order valence-electron chi connectivity index (χ2n) is 4.52. The molecule has 1 saturated carbocycles. The van der Waals surface area contributed by atoms with Crippen molar-refractivity contribution in [3.63, 3.8) is 0 Å². The minimum atomic E-state index is 0.664. The van der Waals surface area contributed by atoms with Crippen molar-refractivity contribution in [1.82, 2.24) is 0 Å². The zero-order valence-corrected chi connectivity index (χ0v) is 13.7. The van der Waals surface area contributed by atoms with Gasteiger partial charge in [-0.1, -0.05) is 0 Å². The summed E-state index contributed by atoms with van der Waals surface area (Å²) >= 11 is 4.34. The maximum absolute atomic E-state index is 4.24. The number of hydrogen-bond acceptors (Lipinski definition) is 0. The van der Waals surface area contributed by atoms with Crippen molar-refractivity contribution in [3.05, 3.63) is 12.2 Å². The van der Waals surface area contributed by atoms with Gasteiger partial charge in [0.15, 0.2) is 0 Å². The Labute approximate surface area is 107 Å². The Bertz CT molecular complexity index is 265. The molecule has 2 heteroatoms. The van der Waals surface area contributed by atoms with Gasteiger partial charge in [0.1, 0.15) is 0 Å². The molecule has 1 rings (SSSR count). The van der Waals surface area contributed by atoms with E-state index in [1.807, 2.05) is 0 Å². The van der Waals surface area contributed by atoms with Gasteiger partial charge >= 0.3 is 108 Å². The van der Waals surface area contributed by atoms with Crippen molar-refractivity contribution in [2.45, 2.75) is 27.7 Å². The third-order valence-electron chi connectivity index (χ3n) is 3.86. The van der Waals surface area contributed by atoms with Crippen LogP contribution in [0.25, 0.3) is 0 Å². The van der Waals surface area contributed by atoms with Gasteiger partial charge in [-0.3, -0.25) is 0 Å². The minimum absolute atomic E-state index is 0.664. The molecule has 1 aliphatic rings. The summed E-state index contributed by atoms with van der Waals surface area (Å²) in [7, 11) is 0. The van der Waals surface area contributed by atoms with Gasteiger partial charge in [-0.2, -0.15) is 0 Å². The molecule has 0 bridgehead atoms. The fourth-order valence-corrected chi connectivity index (χ4v) is 4.27. The topological polar surface area (TPSA) is 0 Å². The van der Waals surface area contributed by atoms with Gasteiger partial charge in [-0.05, 0) is 0 Å². The van der Waals surface area contributed by atoms with Crippen molar-refractivity contribution in [2.24, 2.45) is 23.7 Å². The molecule has 0 aromatic carbocycles. The van der Waals surface area contributed by atoms with Gasteiger partial charge in [-0.25, -0.2) is 0 Å². The summed E-state index contributed by atoms with van der Waals surface area (Å²) < 4.78 is 3.01. The quantitative estimate of drug-likeness (QED) is 0.552. The first-order valence-corrected chi connectivity index (χ1v) is 7.33. The molecule has 0 spiro atoms.